The number of hydrogen-bond donors (Lipinski definition) is 1. The predicted octanol–water partition coefficient (Wildman–Crippen LogP) is 4.76. The SMILES string of the molecule is CCCCOc1ccc2ccccc2c1CNCC(C)C. The summed E-state index contributed by atoms with van der Waals surface area (Å²) in [7, 11) is 0. The van der Waals surface area contributed by atoms with Crippen molar-refractivity contribution in [1.29, 1.82) is 0 Å². The number of fused-ring (bicyclic) bond motifs is 1. The van der Waals surface area contributed by atoms with Gasteiger partial charge in [-0.1, -0.05) is 57.5 Å². The van der Waals surface area contributed by atoms with E-state index in [1.54, 1.807) is 0 Å². The Morgan fingerprint density at radius 3 is 2.67 bits per heavy atom. The molecular formula is C19H27NO. The molecule has 2 aromatic rings. The second-order valence-corrected chi connectivity index (χ2v) is 5.99. The summed E-state index contributed by atoms with van der Waals surface area (Å²) in [5.74, 6) is 1.68. The molecule has 2 heteroatoms. The maximum absolute atomic E-state index is 6.00. The van der Waals surface area contributed by atoms with Crippen LogP contribution < -0.4 is 10.1 Å². The van der Waals surface area contributed by atoms with Gasteiger partial charge in [0.25, 0.3) is 0 Å². The van der Waals surface area contributed by atoms with Crippen LogP contribution >= 0.6 is 0 Å². The van der Waals surface area contributed by atoms with Gasteiger partial charge in [0.15, 0.2) is 0 Å². The lowest BCUT2D eigenvalue weighted by Gasteiger charge is -2.15. The highest BCUT2D eigenvalue weighted by atomic mass is 16.5. The Morgan fingerprint density at radius 2 is 1.90 bits per heavy atom. The molecule has 0 fully saturated rings. The third kappa shape index (κ3) is 4.47. The molecule has 0 aromatic heterocycles. The van der Waals surface area contributed by atoms with Gasteiger partial charge in [0, 0.05) is 12.1 Å². The van der Waals surface area contributed by atoms with E-state index in [1.807, 2.05) is 0 Å². The fourth-order valence-electron chi connectivity index (χ4n) is 2.45. The standard InChI is InChI=1S/C19H27NO/c1-4-5-12-21-19-11-10-16-8-6-7-9-17(16)18(19)14-20-13-15(2)3/h6-11,15,20H,4-5,12-14H2,1-3H3. The molecular weight excluding hydrogens is 258 g/mol. The fraction of sp³-hybridized carbons (Fsp3) is 0.474. The van der Waals surface area contributed by atoms with Crippen LogP contribution in [0.2, 0.25) is 0 Å². The zero-order valence-electron chi connectivity index (χ0n) is 13.5. The maximum Gasteiger partial charge on any atom is 0.124 e. The average molecular weight is 285 g/mol. The Balaban J connectivity index is 2.23. The van der Waals surface area contributed by atoms with Crippen molar-refractivity contribution in [2.75, 3.05) is 13.2 Å². The minimum Gasteiger partial charge on any atom is -0.493 e. The summed E-state index contributed by atoms with van der Waals surface area (Å²) in [4.78, 5) is 0. The van der Waals surface area contributed by atoms with E-state index in [4.69, 9.17) is 4.74 Å². The predicted molar refractivity (Wildman–Crippen MR) is 90.9 cm³/mol. The molecule has 0 atom stereocenters. The topological polar surface area (TPSA) is 21.3 Å². The molecule has 2 rings (SSSR count). The Bertz CT molecular complexity index is 562. The van der Waals surface area contributed by atoms with E-state index in [0.29, 0.717) is 5.92 Å². The Hall–Kier alpha value is -1.54. The van der Waals surface area contributed by atoms with Crippen molar-refractivity contribution in [2.45, 2.75) is 40.2 Å². The van der Waals surface area contributed by atoms with Gasteiger partial charge in [-0.2, -0.15) is 0 Å². The van der Waals surface area contributed by atoms with Crippen LogP contribution in [0.5, 0.6) is 5.75 Å². The van der Waals surface area contributed by atoms with Crippen molar-refractivity contribution < 1.29 is 4.74 Å². The molecule has 0 heterocycles. The van der Waals surface area contributed by atoms with Crippen molar-refractivity contribution in [1.82, 2.24) is 5.32 Å². The van der Waals surface area contributed by atoms with Crippen molar-refractivity contribution in [3.63, 3.8) is 0 Å². The number of nitrogens with one attached hydrogen (secondary N) is 1. The number of benzene rings is 2. The molecule has 0 aliphatic rings. The van der Waals surface area contributed by atoms with Crippen LogP contribution in [0.4, 0.5) is 0 Å². The van der Waals surface area contributed by atoms with Crippen molar-refractivity contribution in [3.05, 3.63) is 42.0 Å². The van der Waals surface area contributed by atoms with E-state index >= 15 is 0 Å². The number of unbranched alkanes of at least 4 members (excludes halogenated alkanes) is 1. The van der Waals surface area contributed by atoms with E-state index in [-0.39, 0.29) is 0 Å². The van der Waals surface area contributed by atoms with Gasteiger partial charge in [0.05, 0.1) is 6.61 Å². The first kappa shape index (κ1) is 15.8. The van der Waals surface area contributed by atoms with Gasteiger partial charge >= 0.3 is 0 Å². The van der Waals surface area contributed by atoms with Crippen molar-refractivity contribution in [3.8, 4) is 5.75 Å². The largest absolute Gasteiger partial charge is 0.493 e. The molecule has 0 radical (unpaired) electrons. The summed E-state index contributed by atoms with van der Waals surface area (Å²) in [5.41, 5.74) is 1.28. The van der Waals surface area contributed by atoms with Crippen LogP contribution in [0.1, 0.15) is 39.2 Å². The van der Waals surface area contributed by atoms with E-state index in [2.05, 4.69) is 62.5 Å². The molecule has 0 aliphatic heterocycles. The first-order valence-corrected chi connectivity index (χ1v) is 8.06. The summed E-state index contributed by atoms with van der Waals surface area (Å²) in [5, 5.41) is 6.12. The molecule has 0 saturated heterocycles. The molecule has 0 bridgehead atoms. The summed E-state index contributed by atoms with van der Waals surface area (Å²) >= 11 is 0. The van der Waals surface area contributed by atoms with Crippen molar-refractivity contribution in [2.24, 2.45) is 5.92 Å². The van der Waals surface area contributed by atoms with Crippen LogP contribution in [0, 0.1) is 5.92 Å². The van der Waals surface area contributed by atoms with E-state index in [0.717, 1.165) is 38.3 Å². The fourth-order valence-corrected chi connectivity index (χ4v) is 2.45. The average Bonchev–Trinajstić information content (AvgIpc) is 2.48. The van der Waals surface area contributed by atoms with E-state index in [9.17, 15) is 0 Å². The number of hydrogen-bond acceptors (Lipinski definition) is 2. The minimum atomic E-state index is 0.657. The normalized spacial score (nSPS) is 11.2. The zero-order chi connectivity index (χ0) is 15.1. The quantitative estimate of drug-likeness (QED) is 0.706. The lowest BCUT2D eigenvalue weighted by molar-refractivity contribution is 0.306. The highest BCUT2D eigenvalue weighted by Gasteiger charge is 2.09. The van der Waals surface area contributed by atoms with Crippen LogP contribution in [0.3, 0.4) is 0 Å². The molecule has 0 saturated carbocycles. The van der Waals surface area contributed by atoms with Gasteiger partial charge in [-0.05, 0) is 35.7 Å². The lowest BCUT2D eigenvalue weighted by Crippen LogP contribution is -2.19. The number of rotatable bonds is 8. The molecule has 2 nitrogen and oxygen atoms in total. The molecule has 21 heavy (non-hydrogen) atoms. The maximum atomic E-state index is 6.00. The Morgan fingerprint density at radius 1 is 1.10 bits per heavy atom. The summed E-state index contributed by atoms with van der Waals surface area (Å²) in [6, 6.07) is 12.8. The van der Waals surface area contributed by atoms with Crippen LogP contribution in [0.25, 0.3) is 10.8 Å². The third-order valence-corrected chi connectivity index (χ3v) is 3.61. The van der Waals surface area contributed by atoms with Crippen LogP contribution in [-0.4, -0.2) is 13.2 Å². The van der Waals surface area contributed by atoms with Crippen molar-refractivity contribution >= 4 is 10.8 Å². The van der Waals surface area contributed by atoms with Gasteiger partial charge in [-0.3, -0.25) is 0 Å². The van der Waals surface area contributed by atoms with Gasteiger partial charge in [0.1, 0.15) is 5.75 Å². The van der Waals surface area contributed by atoms with Gasteiger partial charge in [0.2, 0.25) is 0 Å². The first-order chi connectivity index (χ1) is 10.2. The molecule has 0 spiro atoms. The summed E-state index contributed by atoms with van der Waals surface area (Å²) in [6.45, 7) is 9.34. The molecule has 0 aliphatic carbocycles. The second kappa shape index (κ2) is 8.04. The Labute approximate surface area is 128 Å². The van der Waals surface area contributed by atoms with E-state index < -0.39 is 0 Å². The number of ether oxygens (including phenoxy) is 1. The van der Waals surface area contributed by atoms with Gasteiger partial charge in [-0.25, -0.2) is 0 Å². The highest BCUT2D eigenvalue weighted by Crippen LogP contribution is 2.28. The monoisotopic (exact) mass is 285 g/mol. The lowest BCUT2D eigenvalue weighted by atomic mass is 10.0. The molecule has 0 unspecified atom stereocenters. The Kier molecular flexibility index (Phi) is 6.06. The van der Waals surface area contributed by atoms with E-state index in [1.165, 1.54) is 16.3 Å². The van der Waals surface area contributed by atoms with Gasteiger partial charge in [-0.15, -0.1) is 0 Å². The molecule has 114 valence electrons. The van der Waals surface area contributed by atoms with Crippen LogP contribution in [0.15, 0.2) is 36.4 Å². The highest BCUT2D eigenvalue weighted by molar-refractivity contribution is 5.87. The first-order valence-electron chi connectivity index (χ1n) is 8.06. The smallest absolute Gasteiger partial charge is 0.124 e. The third-order valence-electron chi connectivity index (χ3n) is 3.61. The minimum absolute atomic E-state index is 0.657. The molecule has 0 amide bonds. The zero-order valence-corrected chi connectivity index (χ0v) is 13.5. The summed E-state index contributed by atoms with van der Waals surface area (Å²) in [6.07, 6.45) is 2.26. The second-order valence-electron chi connectivity index (χ2n) is 5.99. The van der Waals surface area contributed by atoms with Crippen LogP contribution in [-0.2, 0) is 6.54 Å². The van der Waals surface area contributed by atoms with Gasteiger partial charge < -0.3 is 10.1 Å². The molecule has 1 N–H and O–H groups in total. The summed E-state index contributed by atoms with van der Waals surface area (Å²) < 4.78 is 6.00. The molecule has 2 aromatic carbocycles.